The Kier molecular flexibility index (Phi) is 6.23. The van der Waals surface area contributed by atoms with Crippen LogP contribution in [0.2, 0.25) is 0 Å². The van der Waals surface area contributed by atoms with Crippen molar-refractivity contribution in [3.8, 4) is 11.8 Å². The molecule has 3 aromatic rings. The van der Waals surface area contributed by atoms with E-state index in [0.29, 0.717) is 45.0 Å². The number of piperidine rings is 1. The van der Waals surface area contributed by atoms with E-state index in [2.05, 4.69) is 20.8 Å². The molecule has 2 aromatic carbocycles. The molecule has 8 nitrogen and oxygen atoms in total. The lowest BCUT2D eigenvalue weighted by atomic mass is 9.95. The van der Waals surface area contributed by atoms with E-state index < -0.39 is 6.17 Å². The van der Waals surface area contributed by atoms with Gasteiger partial charge in [0, 0.05) is 55.3 Å². The van der Waals surface area contributed by atoms with Crippen LogP contribution >= 0.6 is 0 Å². The number of fused-ring (bicyclic) bond motifs is 3. The monoisotopic (exact) mass is 533 g/mol. The lowest BCUT2D eigenvalue weighted by molar-refractivity contribution is 0.107. The summed E-state index contributed by atoms with van der Waals surface area (Å²) in [4.78, 5) is 16.6. The molecule has 206 valence electrons. The van der Waals surface area contributed by atoms with Crippen molar-refractivity contribution in [3.05, 3.63) is 47.7 Å². The van der Waals surface area contributed by atoms with Crippen molar-refractivity contribution in [1.29, 1.82) is 0 Å². The smallest absolute Gasteiger partial charge is 0.318 e. The van der Waals surface area contributed by atoms with E-state index in [1.165, 1.54) is 0 Å². The van der Waals surface area contributed by atoms with Gasteiger partial charge < -0.3 is 24.7 Å². The second-order valence-electron chi connectivity index (χ2n) is 11.7. The Labute approximate surface area is 228 Å². The van der Waals surface area contributed by atoms with Gasteiger partial charge in [0.05, 0.1) is 23.9 Å². The summed E-state index contributed by atoms with van der Waals surface area (Å²) in [5.41, 5.74) is 2.78. The summed E-state index contributed by atoms with van der Waals surface area (Å²) in [5, 5.41) is 22.7. The van der Waals surface area contributed by atoms with Crippen LogP contribution in [0.4, 0.5) is 15.9 Å². The molecule has 0 radical (unpaired) electrons. The van der Waals surface area contributed by atoms with E-state index >= 15 is 0 Å². The first kappa shape index (κ1) is 24.8. The topological polar surface area (TPSA) is 85.2 Å². The molecule has 2 atom stereocenters. The van der Waals surface area contributed by atoms with Crippen molar-refractivity contribution in [2.45, 2.75) is 62.9 Å². The molecule has 0 aliphatic carbocycles. The summed E-state index contributed by atoms with van der Waals surface area (Å²) in [6.07, 6.45) is 3.64. The highest BCUT2D eigenvalue weighted by Crippen LogP contribution is 2.41. The fourth-order valence-corrected chi connectivity index (χ4v) is 7.18. The zero-order valence-corrected chi connectivity index (χ0v) is 22.2. The van der Waals surface area contributed by atoms with Crippen molar-refractivity contribution in [2.24, 2.45) is 0 Å². The zero-order chi connectivity index (χ0) is 26.6. The predicted molar refractivity (Wildman–Crippen MR) is 148 cm³/mol. The van der Waals surface area contributed by atoms with Gasteiger partial charge in [-0.05, 0) is 50.1 Å². The molecule has 0 bridgehead atoms. The Hall–Kier alpha value is -3.17. The Balaban J connectivity index is 1.22. The van der Waals surface area contributed by atoms with Crippen LogP contribution in [0, 0.1) is 0 Å². The van der Waals surface area contributed by atoms with Gasteiger partial charge in [-0.2, -0.15) is 9.97 Å². The highest BCUT2D eigenvalue weighted by atomic mass is 19.1. The largest absolute Gasteiger partial charge is 0.508 e. The number of phenolic OH excluding ortho intramolecular Hbond substituents is 1. The van der Waals surface area contributed by atoms with Crippen molar-refractivity contribution in [2.75, 3.05) is 49.1 Å². The second-order valence-corrected chi connectivity index (χ2v) is 11.7. The number of phenols is 1. The first-order valence-electron chi connectivity index (χ1n) is 14.3. The molecule has 39 heavy (non-hydrogen) atoms. The van der Waals surface area contributed by atoms with Gasteiger partial charge in [0.1, 0.15) is 24.3 Å². The van der Waals surface area contributed by atoms with Gasteiger partial charge in [-0.1, -0.05) is 24.3 Å². The number of halogens is 1. The average Bonchev–Trinajstić information content (AvgIpc) is 3.47. The lowest BCUT2D eigenvalue weighted by Crippen LogP contribution is -2.44. The van der Waals surface area contributed by atoms with Gasteiger partial charge in [-0.15, -0.1) is 0 Å². The molecule has 0 spiro atoms. The molecule has 3 saturated heterocycles. The molecule has 9 heteroatoms. The SMILES string of the molecule is Oc1cc(N2CCc3c(nc(OC[C@@]45CCCN4C[C@H](F)C5)nc3N3CCC(O)CC3)C2)c2ccccc2c1. The summed E-state index contributed by atoms with van der Waals surface area (Å²) in [7, 11) is 0. The normalized spacial score (nSPS) is 25.7. The Morgan fingerprint density at radius 2 is 1.90 bits per heavy atom. The number of alkyl halides is 1. The maximum atomic E-state index is 14.3. The number of ether oxygens (including phenoxy) is 1. The highest BCUT2D eigenvalue weighted by Gasteiger charge is 2.49. The number of aromatic nitrogens is 2. The summed E-state index contributed by atoms with van der Waals surface area (Å²) in [6, 6.07) is 12.1. The van der Waals surface area contributed by atoms with E-state index in [4.69, 9.17) is 14.7 Å². The molecule has 0 amide bonds. The number of hydrogen-bond donors (Lipinski definition) is 2. The van der Waals surface area contributed by atoms with E-state index in [1.54, 1.807) is 6.07 Å². The van der Waals surface area contributed by atoms with Crippen LogP contribution < -0.4 is 14.5 Å². The van der Waals surface area contributed by atoms with Gasteiger partial charge in [0.2, 0.25) is 0 Å². The highest BCUT2D eigenvalue weighted by molar-refractivity contribution is 5.95. The average molecular weight is 534 g/mol. The first-order chi connectivity index (χ1) is 19.0. The quantitative estimate of drug-likeness (QED) is 0.512. The standard InChI is InChI=1S/C30H36FN5O3/c31-21-16-30(9-3-10-36(30)17-21)19-39-29-32-26-18-35(27-15-23(38)14-20-4-1-2-5-24(20)27)13-8-25(26)28(33-29)34-11-6-22(37)7-12-34/h1-2,4-5,14-15,21-22,37-38H,3,6-13,16-19H2/t21-,30+/m1/s1. The van der Waals surface area contributed by atoms with E-state index in [9.17, 15) is 14.6 Å². The molecule has 4 aliphatic rings. The number of aliphatic hydroxyl groups is 1. The van der Waals surface area contributed by atoms with Crippen molar-refractivity contribution in [1.82, 2.24) is 14.9 Å². The van der Waals surface area contributed by atoms with Gasteiger partial charge in [-0.25, -0.2) is 4.39 Å². The lowest BCUT2D eigenvalue weighted by Gasteiger charge is -2.36. The summed E-state index contributed by atoms with van der Waals surface area (Å²) in [6.45, 7) is 4.65. The fraction of sp³-hybridized carbons (Fsp3) is 0.533. The van der Waals surface area contributed by atoms with E-state index in [1.807, 2.05) is 24.3 Å². The maximum Gasteiger partial charge on any atom is 0.318 e. The zero-order valence-electron chi connectivity index (χ0n) is 22.2. The third kappa shape index (κ3) is 4.55. The van der Waals surface area contributed by atoms with Gasteiger partial charge in [0.25, 0.3) is 0 Å². The van der Waals surface area contributed by atoms with Gasteiger partial charge in [-0.3, -0.25) is 4.90 Å². The van der Waals surface area contributed by atoms with Crippen LogP contribution in [0.25, 0.3) is 10.8 Å². The number of rotatable bonds is 5. The van der Waals surface area contributed by atoms with Gasteiger partial charge in [0.15, 0.2) is 0 Å². The van der Waals surface area contributed by atoms with Crippen LogP contribution in [0.1, 0.15) is 43.4 Å². The molecule has 2 N–H and O–H groups in total. The molecule has 1 aromatic heterocycles. The third-order valence-electron chi connectivity index (χ3n) is 9.18. The van der Waals surface area contributed by atoms with Crippen molar-refractivity contribution in [3.63, 3.8) is 0 Å². The Morgan fingerprint density at radius 1 is 1.05 bits per heavy atom. The number of aliphatic hydroxyl groups excluding tert-OH is 1. The second kappa shape index (κ2) is 9.78. The van der Waals surface area contributed by atoms with Crippen LogP contribution in [0.15, 0.2) is 36.4 Å². The Morgan fingerprint density at radius 3 is 2.77 bits per heavy atom. The summed E-state index contributed by atoms with van der Waals surface area (Å²) in [5.74, 6) is 1.15. The van der Waals surface area contributed by atoms with Crippen molar-refractivity contribution < 1.29 is 19.3 Å². The van der Waals surface area contributed by atoms with E-state index in [0.717, 1.165) is 79.0 Å². The first-order valence-corrected chi connectivity index (χ1v) is 14.3. The number of anilines is 2. The van der Waals surface area contributed by atoms with Crippen molar-refractivity contribution >= 4 is 22.3 Å². The van der Waals surface area contributed by atoms with Crippen LogP contribution in [0.5, 0.6) is 11.8 Å². The molecule has 0 unspecified atom stereocenters. The van der Waals surface area contributed by atoms with E-state index in [-0.39, 0.29) is 17.4 Å². The van der Waals surface area contributed by atoms with Crippen LogP contribution in [0.3, 0.4) is 0 Å². The summed E-state index contributed by atoms with van der Waals surface area (Å²) < 4.78 is 20.7. The molecule has 4 aliphatic heterocycles. The maximum absolute atomic E-state index is 14.3. The minimum absolute atomic E-state index is 0.247. The Bertz CT molecular complexity index is 1380. The van der Waals surface area contributed by atoms with Crippen LogP contribution in [-0.4, -0.2) is 82.2 Å². The predicted octanol–water partition coefficient (Wildman–Crippen LogP) is 3.81. The number of nitrogens with zero attached hydrogens (tertiary/aromatic N) is 5. The molecular formula is C30H36FN5O3. The number of benzene rings is 2. The molecule has 7 rings (SSSR count). The molecular weight excluding hydrogens is 497 g/mol. The molecule has 0 saturated carbocycles. The summed E-state index contributed by atoms with van der Waals surface area (Å²) >= 11 is 0. The minimum atomic E-state index is -0.806. The number of hydrogen-bond acceptors (Lipinski definition) is 8. The molecule has 5 heterocycles. The number of aromatic hydroxyl groups is 1. The van der Waals surface area contributed by atoms with Crippen LogP contribution in [-0.2, 0) is 13.0 Å². The fourth-order valence-electron chi connectivity index (χ4n) is 7.18. The minimum Gasteiger partial charge on any atom is -0.508 e. The third-order valence-corrected chi connectivity index (χ3v) is 9.18. The molecule has 3 fully saturated rings. The van der Waals surface area contributed by atoms with Gasteiger partial charge >= 0.3 is 6.01 Å².